The summed E-state index contributed by atoms with van der Waals surface area (Å²) in [5.41, 5.74) is 4.75. The maximum absolute atomic E-state index is 13.5. The van der Waals surface area contributed by atoms with E-state index < -0.39 is 22.2 Å². The summed E-state index contributed by atoms with van der Waals surface area (Å²) < 4.78 is 26.5. The molecule has 2 aromatic rings. The fraction of sp³-hybridized carbons (Fsp3) is 0. The third kappa shape index (κ3) is 2.57. The topological polar surface area (TPSA) is 94.1 Å². The standard InChI is InChI=1S/C11H8F2N4O2/c12-6-2-1-3-7(10(6)13)15-11-8(17(18)19)4-5-9(14)16-11/h1-5H,(H3,14,15,16). The molecular formula is C11H8F2N4O2. The van der Waals surface area contributed by atoms with Crippen LogP contribution in [0.2, 0.25) is 0 Å². The molecule has 0 aliphatic rings. The smallest absolute Gasteiger partial charge is 0.311 e. The van der Waals surface area contributed by atoms with Gasteiger partial charge in [-0.25, -0.2) is 13.8 Å². The van der Waals surface area contributed by atoms with Crippen LogP contribution in [0.5, 0.6) is 0 Å². The Morgan fingerprint density at radius 2 is 2.00 bits per heavy atom. The second-order valence-electron chi connectivity index (χ2n) is 3.59. The lowest BCUT2D eigenvalue weighted by Crippen LogP contribution is -2.03. The summed E-state index contributed by atoms with van der Waals surface area (Å²) in [5, 5.41) is 13.1. The number of rotatable bonds is 3. The van der Waals surface area contributed by atoms with Gasteiger partial charge >= 0.3 is 5.69 Å². The molecule has 0 saturated heterocycles. The SMILES string of the molecule is Nc1ccc([N+](=O)[O-])c(Nc2cccc(F)c2F)n1. The van der Waals surface area contributed by atoms with Gasteiger partial charge in [-0.05, 0) is 18.2 Å². The molecule has 0 atom stereocenters. The van der Waals surface area contributed by atoms with E-state index in [2.05, 4.69) is 10.3 Å². The van der Waals surface area contributed by atoms with Gasteiger partial charge in [0.05, 0.1) is 10.6 Å². The third-order valence-electron chi connectivity index (χ3n) is 2.30. The highest BCUT2D eigenvalue weighted by Gasteiger charge is 2.17. The Labute approximate surface area is 106 Å². The first kappa shape index (κ1) is 12.7. The minimum absolute atomic E-state index is 0.0184. The highest BCUT2D eigenvalue weighted by molar-refractivity contribution is 5.67. The monoisotopic (exact) mass is 266 g/mol. The van der Waals surface area contributed by atoms with E-state index in [1.165, 1.54) is 18.2 Å². The molecule has 1 aromatic carbocycles. The summed E-state index contributed by atoms with van der Waals surface area (Å²) in [6.07, 6.45) is 0. The van der Waals surface area contributed by atoms with Crippen LogP contribution in [0.4, 0.5) is 31.8 Å². The van der Waals surface area contributed by atoms with E-state index >= 15 is 0 Å². The zero-order valence-corrected chi connectivity index (χ0v) is 9.43. The van der Waals surface area contributed by atoms with Crippen molar-refractivity contribution in [2.45, 2.75) is 0 Å². The van der Waals surface area contributed by atoms with Gasteiger partial charge in [-0.2, -0.15) is 0 Å². The van der Waals surface area contributed by atoms with Crippen molar-refractivity contribution in [1.82, 2.24) is 4.98 Å². The van der Waals surface area contributed by atoms with Gasteiger partial charge in [0.15, 0.2) is 11.6 Å². The first-order chi connectivity index (χ1) is 8.99. The van der Waals surface area contributed by atoms with E-state index in [9.17, 15) is 18.9 Å². The van der Waals surface area contributed by atoms with Crippen molar-refractivity contribution in [3.8, 4) is 0 Å². The molecule has 0 bridgehead atoms. The largest absolute Gasteiger partial charge is 0.384 e. The van der Waals surface area contributed by atoms with Crippen molar-refractivity contribution in [3.63, 3.8) is 0 Å². The molecule has 0 amide bonds. The molecular weight excluding hydrogens is 258 g/mol. The predicted octanol–water partition coefficient (Wildman–Crippen LogP) is 2.59. The molecule has 19 heavy (non-hydrogen) atoms. The Bertz CT molecular complexity index is 649. The molecule has 1 heterocycles. The van der Waals surface area contributed by atoms with Gasteiger partial charge in [0.25, 0.3) is 0 Å². The van der Waals surface area contributed by atoms with Crippen LogP contribution in [0.15, 0.2) is 30.3 Å². The molecule has 2 rings (SSSR count). The fourth-order valence-corrected chi connectivity index (χ4v) is 1.43. The number of anilines is 3. The van der Waals surface area contributed by atoms with Crippen molar-refractivity contribution >= 4 is 23.0 Å². The summed E-state index contributed by atoms with van der Waals surface area (Å²) in [6, 6.07) is 5.79. The second kappa shape index (κ2) is 4.84. The van der Waals surface area contributed by atoms with E-state index in [-0.39, 0.29) is 17.3 Å². The maximum Gasteiger partial charge on any atom is 0.311 e. The molecule has 0 saturated carbocycles. The molecule has 0 fully saturated rings. The minimum atomic E-state index is -1.15. The van der Waals surface area contributed by atoms with E-state index in [0.29, 0.717) is 0 Å². The molecule has 6 nitrogen and oxygen atoms in total. The van der Waals surface area contributed by atoms with Crippen LogP contribution in [-0.2, 0) is 0 Å². The molecule has 0 radical (unpaired) electrons. The van der Waals surface area contributed by atoms with Crippen LogP contribution in [0, 0.1) is 21.7 Å². The molecule has 98 valence electrons. The summed E-state index contributed by atoms with van der Waals surface area (Å²) in [6.45, 7) is 0. The lowest BCUT2D eigenvalue weighted by atomic mass is 10.3. The average Bonchev–Trinajstić information content (AvgIpc) is 2.35. The number of nitrogens with two attached hydrogens (primary N) is 1. The van der Waals surface area contributed by atoms with Gasteiger partial charge in [0, 0.05) is 6.07 Å². The average molecular weight is 266 g/mol. The normalized spacial score (nSPS) is 10.2. The Hall–Kier alpha value is -2.77. The molecule has 0 aliphatic heterocycles. The number of halogens is 2. The highest BCUT2D eigenvalue weighted by Crippen LogP contribution is 2.28. The summed E-state index contributed by atoms with van der Waals surface area (Å²) in [5.74, 6) is -2.46. The Morgan fingerprint density at radius 1 is 1.26 bits per heavy atom. The Morgan fingerprint density at radius 3 is 2.68 bits per heavy atom. The van der Waals surface area contributed by atoms with Gasteiger partial charge in [-0.15, -0.1) is 0 Å². The number of nitrogens with zero attached hydrogens (tertiary/aromatic N) is 2. The van der Waals surface area contributed by atoms with Crippen LogP contribution in [0.25, 0.3) is 0 Å². The molecule has 8 heteroatoms. The molecule has 0 aliphatic carbocycles. The zero-order valence-electron chi connectivity index (χ0n) is 9.43. The lowest BCUT2D eigenvalue weighted by molar-refractivity contribution is -0.384. The van der Waals surface area contributed by atoms with Crippen LogP contribution >= 0.6 is 0 Å². The fourth-order valence-electron chi connectivity index (χ4n) is 1.43. The number of nitrogens with one attached hydrogen (secondary N) is 1. The number of nitro groups is 1. The van der Waals surface area contributed by atoms with E-state index in [1.54, 1.807) is 0 Å². The van der Waals surface area contributed by atoms with Crippen molar-refractivity contribution in [3.05, 3.63) is 52.1 Å². The first-order valence-electron chi connectivity index (χ1n) is 5.11. The number of nitrogen functional groups attached to an aromatic ring is 1. The third-order valence-corrected chi connectivity index (χ3v) is 2.30. The van der Waals surface area contributed by atoms with Crippen molar-refractivity contribution in [2.24, 2.45) is 0 Å². The molecule has 1 aromatic heterocycles. The van der Waals surface area contributed by atoms with Crippen molar-refractivity contribution < 1.29 is 13.7 Å². The maximum atomic E-state index is 13.5. The van der Waals surface area contributed by atoms with Crippen LogP contribution in [0.3, 0.4) is 0 Å². The van der Waals surface area contributed by atoms with E-state index in [4.69, 9.17) is 5.73 Å². The van der Waals surface area contributed by atoms with E-state index in [1.807, 2.05) is 0 Å². The number of benzene rings is 1. The van der Waals surface area contributed by atoms with Crippen molar-refractivity contribution in [2.75, 3.05) is 11.1 Å². The van der Waals surface area contributed by atoms with Gasteiger partial charge in [-0.1, -0.05) is 6.07 Å². The Kier molecular flexibility index (Phi) is 3.23. The van der Waals surface area contributed by atoms with Crippen LogP contribution < -0.4 is 11.1 Å². The summed E-state index contributed by atoms with van der Waals surface area (Å²) >= 11 is 0. The second-order valence-corrected chi connectivity index (χ2v) is 3.59. The lowest BCUT2D eigenvalue weighted by Gasteiger charge is -2.08. The number of aromatic nitrogens is 1. The van der Waals surface area contributed by atoms with Gasteiger partial charge < -0.3 is 11.1 Å². The van der Waals surface area contributed by atoms with E-state index in [0.717, 1.165) is 12.1 Å². The first-order valence-corrected chi connectivity index (χ1v) is 5.11. The quantitative estimate of drug-likeness (QED) is 0.657. The van der Waals surface area contributed by atoms with Gasteiger partial charge in [0.2, 0.25) is 5.82 Å². The zero-order chi connectivity index (χ0) is 14.0. The van der Waals surface area contributed by atoms with Crippen molar-refractivity contribution in [1.29, 1.82) is 0 Å². The molecule has 3 N–H and O–H groups in total. The number of hydrogen-bond acceptors (Lipinski definition) is 5. The minimum Gasteiger partial charge on any atom is -0.384 e. The van der Waals surface area contributed by atoms with Crippen LogP contribution in [0.1, 0.15) is 0 Å². The van der Waals surface area contributed by atoms with Gasteiger partial charge in [-0.3, -0.25) is 10.1 Å². The number of pyridine rings is 1. The highest BCUT2D eigenvalue weighted by atomic mass is 19.2. The van der Waals surface area contributed by atoms with Crippen LogP contribution in [-0.4, -0.2) is 9.91 Å². The number of hydrogen-bond donors (Lipinski definition) is 2. The summed E-state index contributed by atoms with van der Waals surface area (Å²) in [4.78, 5) is 13.8. The summed E-state index contributed by atoms with van der Waals surface area (Å²) in [7, 11) is 0. The molecule has 0 spiro atoms. The Balaban J connectivity index is 2.45. The van der Waals surface area contributed by atoms with Gasteiger partial charge in [0.1, 0.15) is 5.82 Å². The molecule has 0 unspecified atom stereocenters. The predicted molar refractivity (Wildman–Crippen MR) is 64.9 cm³/mol.